The van der Waals surface area contributed by atoms with Crippen LogP contribution in [-0.4, -0.2) is 49.8 Å². The molecule has 0 aliphatic rings. The van der Waals surface area contributed by atoms with Crippen LogP contribution >= 0.6 is 0 Å². The van der Waals surface area contributed by atoms with Crippen molar-refractivity contribution in [3.05, 3.63) is 155 Å². The number of aryl methyl sites for hydroxylation is 2. The van der Waals surface area contributed by atoms with E-state index in [9.17, 15) is 45.5 Å². The lowest BCUT2D eigenvalue weighted by Crippen LogP contribution is -2.54. The van der Waals surface area contributed by atoms with E-state index in [-0.39, 0.29) is 36.2 Å². The molecule has 0 fully saturated rings. The summed E-state index contributed by atoms with van der Waals surface area (Å²) < 4.78 is 119. The Morgan fingerprint density at radius 3 is 1.16 bits per heavy atom. The Kier molecular flexibility index (Phi) is 15.1. The molecule has 0 unspecified atom stereocenters. The maximum atomic E-state index is 14.8. The van der Waals surface area contributed by atoms with Crippen LogP contribution in [0.25, 0.3) is 12.2 Å². The second-order valence-electron chi connectivity index (χ2n) is 13.3. The number of hydrogen-bond acceptors (Lipinski definition) is 10. The van der Waals surface area contributed by atoms with E-state index in [4.69, 9.17) is 28.4 Å². The molecule has 0 aliphatic heterocycles. The molecule has 0 bridgehead atoms. The summed E-state index contributed by atoms with van der Waals surface area (Å²) in [4.78, 5) is 48.1. The predicted molar refractivity (Wildman–Crippen MR) is 210 cm³/mol. The van der Waals surface area contributed by atoms with Crippen molar-refractivity contribution in [1.82, 2.24) is 0 Å². The lowest BCUT2D eigenvalue weighted by atomic mass is 9.73. The number of esters is 4. The van der Waals surface area contributed by atoms with Crippen molar-refractivity contribution in [3.8, 4) is 23.0 Å². The highest BCUT2D eigenvalue weighted by molar-refractivity contribution is 5.90. The predicted octanol–water partition coefficient (Wildman–Crippen LogP) is 9.86. The van der Waals surface area contributed by atoms with Gasteiger partial charge in [-0.3, -0.25) is 0 Å². The highest BCUT2D eigenvalue weighted by Gasteiger charge is 2.72. The maximum absolute atomic E-state index is 14.8. The van der Waals surface area contributed by atoms with Gasteiger partial charge in [-0.25, -0.2) is 19.2 Å². The minimum atomic E-state index is -5.92. The Labute approximate surface area is 346 Å². The number of hydrogen-bond donors (Lipinski definition) is 0. The van der Waals surface area contributed by atoms with Crippen molar-refractivity contribution in [3.63, 3.8) is 0 Å². The van der Waals surface area contributed by atoms with Crippen LogP contribution in [0.4, 0.5) is 26.3 Å². The van der Waals surface area contributed by atoms with Crippen LogP contribution in [0.1, 0.15) is 47.2 Å². The molecule has 16 heteroatoms. The van der Waals surface area contributed by atoms with Gasteiger partial charge in [0.2, 0.25) is 19.0 Å². The molecule has 0 aliphatic carbocycles. The quantitative estimate of drug-likeness (QED) is 0.0354. The molecule has 10 nitrogen and oxygen atoms in total. The van der Waals surface area contributed by atoms with Crippen molar-refractivity contribution < 1.29 is 73.9 Å². The van der Waals surface area contributed by atoms with Crippen LogP contribution in [-0.2, 0) is 34.1 Å². The molecule has 4 rings (SSSR count). The fourth-order valence-electron chi connectivity index (χ4n) is 5.54. The summed E-state index contributed by atoms with van der Waals surface area (Å²) in [5.74, 6) is -3.17. The summed E-state index contributed by atoms with van der Waals surface area (Å²) >= 11 is 0. The largest absolute Gasteiger partial charge is 0.457 e. The highest BCUT2D eigenvalue weighted by atomic mass is 19.4. The monoisotopic (exact) mass is 852 g/mol. The van der Waals surface area contributed by atoms with Crippen molar-refractivity contribution in [1.29, 1.82) is 0 Å². The Hall–Kier alpha value is -7.10. The number of benzene rings is 4. The third-order valence-corrected chi connectivity index (χ3v) is 8.67. The number of alkyl halides is 6. The van der Waals surface area contributed by atoms with Gasteiger partial charge in [0.15, 0.2) is 0 Å². The van der Waals surface area contributed by atoms with Gasteiger partial charge in [-0.05, 0) is 122 Å². The average molecular weight is 853 g/mol. The zero-order valence-electron chi connectivity index (χ0n) is 33.1. The van der Waals surface area contributed by atoms with E-state index >= 15 is 0 Å². The molecule has 0 N–H and O–H groups in total. The normalized spacial score (nSPS) is 11.8. The molecular weight excluding hydrogens is 814 g/mol. The SMILES string of the molecule is C=C(C)C(=O)OCOc1ccc(C=CC(=O)Oc2ccc(C(c3ccc(OC(=O)C=Cc4ccc(OCOC(=O)C(=C)C)cc4C)cc3)(C(F)(F)F)C(F)(F)F)cc2)c(C)c1. The molecule has 0 radical (unpaired) electrons. The van der Waals surface area contributed by atoms with Gasteiger partial charge >= 0.3 is 36.2 Å². The van der Waals surface area contributed by atoms with E-state index < -0.39 is 52.8 Å². The Morgan fingerprint density at radius 2 is 0.869 bits per heavy atom. The summed E-state index contributed by atoms with van der Waals surface area (Å²) in [6, 6.07) is 14.9. The number of rotatable bonds is 16. The van der Waals surface area contributed by atoms with Crippen molar-refractivity contribution >= 4 is 36.0 Å². The van der Waals surface area contributed by atoms with Crippen LogP contribution in [0.5, 0.6) is 23.0 Å². The smallest absolute Gasteiger partial charge is 0.411 e. The Morgan fingerprint density at radius 1 is 0.541 bits per heavy atom. The minimum Gasteiger partial charge on any atom is -0.457 e. The molecule has 0 heterocycles. The molecule has 0 atom stereocenters. The second-order valence-corrected chi connectivity index (χ2v) is 13.3. The number of carbonyl (C=O) groups is 4. The molecule has 4 aromatic carbocycles. The first-order valence-corrected chi connectivity index (χ1v) is 17.9. The summed E-state index contributed by atoms with van der Waals surface area (Å²) in [6.07, 6.45) is -7.08. The topological polar surface area (TPSA) is 124 Å². The van der Waals surface area contributed by atoms with Crippen molar-refractivity contribution in [2.45, 2.75) is 45.5 Å². The number of ether oxygens (including phenoxy) is 6. The molecule has 0 spiro atoms. The summed E-state index contributed by atoms with van der Waals surface area (Å²) in [6.45, 7) is 12.5. The molecule has 0 saturated heterocycles. The first kappa shape index (κ1) is 46.6. The van der Waals surface area contributed by atoms with E-state index in [0.29, 0.717) is 58.0 Å². The highest BCUT2D eigenvalue weighted by Crippen LogP contribution is 2.56. The Bertz CT molecular complexity index is 2180. The van der Waals surface area contributed by atoms with Gasteiger partial charge in [0.05, 0.1) is 0 Å². The van der Waals surface area contributed by atoms with Gasteiger partial charge in [0, 0.05) is 23.3 Å². The molecule has 0 saturated carbocycles. The van der Waals surface area contributed by atoms with Gasteiger partial charge < -0.3 is 28.4 Å². The second kappa shape index (κ2) is 19.8. The van der Waals surface area contributed by atoms with Crippen LogP contribution in [0.3, 0.4) is 0 Å². The summed E-state index contributed by atoms with van der Waals surface area (Å²) in [7, 11) is 0. The standard InChI is InChI=1S/C45H38F6O10/c1-27(2)41(54)58-25-56-37-15-7-31(29(5)23-37)9-21-39(52)60-35-17-11-33(12-18-35)43(44(46,47)48,45(49,50)51)34-13-19-36(20-14-34)61-40(53)22-10-32-8-16-38(24-30(32)6)57-26-59-42(55)28(3)4/h7-24H,1,3,25-26H2,2,4-6H3. The molecule has 4 aromatic rings. The number of halogens is 6. The third-order valence-electron chi connectivity index (χ3n) is 8.67. The molecule has 0 amide bonds. The zero-order chi connectivity index (χ0) is 45.1. The summed E-state index contributed by atoms with van der Waals surface area (Å²) in [5.41, 5.74) is -4.22. The van der Waals surface area contributed by atoms with E-state index in [1.807, 2.05) is 0 Å². The van der Waals surface area contributed by atoms with E-state index in [1.165, 1.54) is 38.1 Å². The number of carbonyl (C=O) groups excluding carboxylic acids is 4. The van der Waals surface area contributed by atoms with E-state index in [0.717, 1.165) is 36.4 Å². The molecule has 0 aromatic heterocycles. The fraction of sp³-hybridized carbons (Fsp3) is 0.200. The minimum absolute atomic E-state index is 0.196. The van der Waals surface area contributed by atoms with Crippen molar-refractivity contribution in [2.24, 2.45) is 0 Å². The van der Waals surface area contributed by atoms with Crippen LogP contribution in [0.15, 0.2) is 121 Å². The molecule has 320 valence electrons. The van der Waals surface area contributed by atoms with Crippen LogP contribution < -0.4 is 18.9 Å². The third kappa shape index (κ3) is 12.0. The van der Waals surface area contributed by atoms with Gasteiger partial charge in [-0.2, -0.15) is 26.3 Å². The van der Waals surface area contributed by atoms with Gasteiger partial charge in [0.25, 0.3) is 0 Å². The van der Waals surface area contributed by atoms with E-state index in [2.05, 4.69) is 13.2 Å². The van der Waals surface area contributed by atoms with E-state index in [1.54, 1.807) is 38.1 Å². The van der Waals surface area contributed by atoms with Crippen molar-refractivity contribution in [2.75, 3.05) is 13.6 Å². The van der Waals surface area contributed by atoms with Gasteiger partial charge in [-0.1, -0.05) is 49.6 Å². The lowest BCUT2D eigenvalue weighted by molar-refractivity contribution is -0.288. The lowest BCUT2D eigenvalue weighted by Gasteiger charge is -2.38. The Balaban J connectivity index is 1.44. The van der Waals surface area contributed by atoms with Gasteiger partial charge in [0.1, 0.15) is 23.0 Å². The average Bonchev–Trinajstić information content (AvgIpc) is 3.17. The maximum Gasteiger partial charge on any atom is 0.411 e. The molecule has 61 heavy (non-hydrogen) atoms. The van der Waals surface area contributed by atoms with Crippen LogP contribution in [0.2, 0.25) is 0 Å². The summed E-state index contributed by atoms with van der Waals surface area (Å²) in [5, 5.41) is 0. The van der Waals surface area contributed by atoms with Crippen LogP contribution in [0, 0.1) is 13.8 Å². The fourth-order valence-corrected chi connectivity index (χ4v) is 5.54. The molecular formula is C45H38F6O10. The first-order chi connectivity index (χ1) is 28.6. The van der Waals surface area contributed by atoms with Gasteiger partial charge in [-0.15, -0.1) is 0 Å². The first-order valence-electron chi connectivity index (χ1n) is 17.9. The zero-order valence-corrected chi connectivity index (χ0v) is 33.1.